The molecular weight excluding hydrogens is 590 g/mol. The molecule has 1 aliphatic heterocycles. The summed E-state index contributed by atoms with van der Waals surface area (Å²) < 4.78 is 0. The van der Waals surface area contributed by atoms with E-state index in [4.69, 9.17) is 34.4 Å². The van der Waals surface area contributed by atoms with E-state index >= 15 is 0 Å². The number of aromatic hydroxyl groups is 1. The van der Waals surface area contributed by atoms with Crippen LogP contribution in [0.3, 0.4) is 0 Å². The zero-order valence-electron chi connectivity index (χ0n) is 26.2. The molecule has 0 aromatic heterocycles. The maximum atomic E-state index is 13.9. The summed E-state index contributed by atoms with van der Waals surface area (Å²) in [5.74, 6) is -2.32. The van der Waals surface area contributed by atoms with Crippen LogP contribution in [0.2, 0.25) is 0 Å². The normalized spacial score (nSPS) is 20.0. The molecule has 252 valence electrons. The van der Waals surface area contributed by atoms with Crippen LogP contribution in [0.1, 0.15) is 43.2 Å². The summed E-state index contributed by atoms with van der Waals surface area (Å²) in [7, 11) is 0. The largest absolute Gasteiger partial charge is 0.508 e. The van der Waals surface area contributed by atoms with Gasteiger partial charge in [0.2, 0.25) is 23.6 Å². The Morgan fingerprint density at radius 2 is 1.67 bits per heavy atom. The van der Waals surface area contributed by atoms with Gasteiger partial charge in [-0.2, -0.15) is 0 Å². The number of benzene rings is 2. The van der Waals surface area contributed by atoms with Crippen LogP contribution in [0.15, 0.2) is 42.5 Å². The first-order valence-electron chi connectivity index (χ1n) is 15.7. The lowest BCUT2D eigenvalue weighted by Gasteiger charge is -2.33. The van der Waals surface area contributed by atoms with E-state index in [-0.39, 0.29) is 51.1 Å². The molecule has 0 radical (unpaired) electrons. The van der Waals surface area contributed by atoms with Crippen LogP contribution in [0.4, 0.5) is 0 Å². The van der Waals surface area contributed by atoms with E-state index in [1.54, 1.807) is 18.2 Å². The monoisotopic (exact) mass is 639 g/mol. The van der Waals surface area contributed by atoms with Crippen LogP contribution in [0.5, 0.6) is 5.75 Å². The van der Waals surface area contributed by atoms with Crippen molar-refractivity contribution in [3.8, 4) is 16.9 Å². The highest BCUT2D eigenvalue weighted by atomic mass is 16.3. The van der Waals surface area contributed by atoms with Gasteiger partial charge in [0.25, 0.3) is 0 Å². The van der Waals surface area contributed by atoms with Gasteiger partial charge in [0.1, 0.15) is 17.8 Å². The van der Waals surface area contributed by atoms with Gasteiger partial charge in [-0.3, -0.25) is 19.2 Å². The number of phenols is 1. The molecule has 5 atom stereocenters. The number of hydrogen-bond donors (Lipinski definition) is 9. The van der Waals surface area contributed by atoms with Crippen LogP contribution in [0.25, 0.3) is 11.1 Å². The van der Waals surface area contributed by atoms with Gasteiger partial charge in [-0.1, -0.05) is 30.3 Å². The van der Waals surface area contributed by atoms with Gasteiger partial charge >= 0.3 is 0 Å². The molecule has 1 heterocycles. The lowest BCUT2D eigenvalue weighted by atomic mass is 9.95. The number of nitrogens with two attached hydrogens (primary N) is 6. The minimum absolute atomic E-state index is 0.00233. The van der Waals surface area contributed by atoms with Gasteiger partial charge < -0.3 is 55.0 Å². The molecule has 1 aliphatic rings. The summed E-state index contributed by atoms with van der Waals surface area (Å²) in [6.45, 7) is 0.527. The second kappa shape index (κ2) is 17.6. The molecule has 14 heteroatoms. The number of carbonyl (C=O) groups is 4. The zero-order chi connectivity index (χ0) is 33.8. The predicted molar refractivity (Wildman–Crippen MR) is 176 cm³/mol. The summed E-state index contributed by atoms with van der Waals surface area (Å²) in [5.41, 5.74) is 38.3. The highest BCUT2D eigenvalue weighted by Gasteiger charge is 2.32. The molecule has 0 saturated heterocycles. The standard InChI is InChI=1S/C32H49N9O5/c33-10-2-6-23(36)18-41(27(17-35)30(38)44)29(43)16-24-13-19-4-1-5-20(12-19)21-8-9-28(42)22(14-21)15-25(37)31(45)40-26(7-3-11-34)32(46)39-24/h1,4-5,8-9,12,14,23-27,42H,2-3,6-7,10-11,13,15-18,33-37H2,(H2,38,44)(H,39,46)(H,40,45)/t23?,24-,25-,26-,27-/m0/s1. The number of phenolic OH excluding ortho intramolecular Hbond substituents is 1. The van der Waals surface area contributed by atoms with E-state index in [0.717, 1.165) is 16.7 Å². The Kier molecular flexibility index (Phi) is 13.9. The molecule has 4 amide bonds. The lowest BCUT2D eigenvalue weighted by Crippen LogP contribution is -2.57. The second-order valence-corrected chi connectivity index (χ2v) is 11.9. The molecule has 0 aliphatic carbocycles. The molecule has 1 unspecified atom stereocenters. The molecule has 0 spiro atoms. The third-order valence-corrected chi connectivity index (χ3v) is 8.15. The van der Waals surface area contributed by atoms with Crippen molar-refractivity contribution < 1.29 is 24.3 Å². The van der Waals surface area contributed by atoms with Gasteiger partial charge in [-0.25, -0.2) is 0 Å². The molecular formula is C32H49N9O5. The fourth-order valence-corrected chi connectivity index (χ4v) is 5.62. The first-order valence-corrected chi connectivity index (χ1v) is 15.7. The van der Waals surface area contributed by atoms with E-state index in [0.29, 0.717) is 31.4 Å². The number of hydrogen-bond acceptors (Lipinski definition) is 10. The van der Waals surface area contributed by atoms with E-state index in [9.17, 15) is 24.3 Å². The Balaban J connectivity index is 2.03. The third kappa shape index (κ3) is 10.2. The molecule has 15 N–H and O–H groups in total. The van der Waals surface area contributed by atoms with Crippen molar-refractivity contribution in [1.29, 1.82) is 0 Å². The number of rotatable bonds is 13. The van der Waals surface area contributed by atoms with E-state index in [1.165, 1.54) is 4.90 Å². The summed E-state index contributed by atoms with van der Waals surface area (Å²) in [6.07, 6.45) is 1.90. The van der Waals surface area contributed by atoms with E-state index in [2.05, 4.69) is 10.6 Å². The van der Waals surface area contributed by atoms with Crippen molar-refractivity contribution >= 4 is 23.6 Å². The zero-order valence-corrected chi connectivity index (χ0v) is 26.2. The Morgan fingerprint density at radius 1 is 0.957 bits per heavy atom. The van der Waals surface area contributed by atoms with Crippen molar-refractivity contribution in [1.82, 2.24) is 15.5 Å². The average Bonchev–Trinajstić information content (AvgIpc) is 3.02. The minimum Gasteiger partial charge on any atom is -0.508 e. The first-order chi connectivity index (χ1) is 22.0. The van der Waals surface area contributed by atoms with Crippen LogP contribution in [-0.4, -0.2) is 90.0 Å². The summed E-state index contributed by atoms with van der Waals surface area (Å²) >= 11 is 0. The predicted octanol–water partition coefficient (Wildman–Crippen LogP) is -1.71. The van der Waals surface area contributed by atoms with Gasteiger partial charge in [-0.05, 0) is 79.6 Å². The minimum atomic E-state index is -1.10. The van der Waals surface area contributed by atoms with Crippen molar-refractivity contribution in [2.24, 2.45) is 34.4 Å². The average molecular weight is 640 g/mol. The second-order valence-electron chi connectivity index (χ2n) is 11.9. The number of nitrogens with zero attached hydrogens (tertiary/aromatic N) is 1. The van der Waals surface area contributed by atoms with Gasteiger partial charge in [0.15, 0.2) is 0 Å². The van der Waals surface area contributed by atoms with Crippen molar-refractivity contribution in [2.75, 3.05) is 26.2 Å². The fraction of sp³-hybridized carbons (Fsp3) is 0.500. The summed E-state index contributed by atoms with van der Waals surface area (Å²) in [4.78, 5) is 54.3. The van der Waals surface area contributed by atoms with Crippen molar-refractivity contribution in [3.63, 3.8) is 0 Å². The molecule has 2 aromatic rings. The van der Waals surface area contributed by atoms with Crippen LogP contribution < -0.4 is 45.0 Å². The highest BCUT2D eigenvalue weighted by Crippen LogP contribution is 2.28. The fourth-order valence-electron chi connectivity index (χ4n) is 5.62. The molecule has 14 nitrogen and oxygen atoms in total. The van der Waals surface area contributed by atoms with Crippen LogP contribution >= 0.6 is 0 Å². The lowest BCUT2D eigenvalue weighted by molar-refractivity contribution is -0.140. The van der Waals surface area contributed by atoms with Crippen LogP contribution in [-0.2, 0) is 32.0 Å². The Hall–Kier alpha value is -4.08. The topological polar surface area (TPSA) is 272 Å². The number of carbonyl (C=O) groups excluding carboxylic acids is 4. The summed E-state index contributed by atoms with van der Waals surface area (Å²) in [6, 6.07) is 8.29. The number of nitrogens with one attached hydrogen (secondary N) is 2. The third-order valence-electron chi connectivity index (χ3n) is 8.15. The highest BCUT2D eigenvalue weighted by molar-refractivity contribution is 5.91. The smallest absolute Gasteiger partial charge is 0.242 e. The van der Waals surface area contributed by atoms with E-state index in [1.807, 2.05) is 24.3 Å². The van der Waals surface area contributed by atoms with Crippen molar-refractivity contribution in [3.05, 3.63) is 53.6 Å². The number of primary amides is 1. The molecule has 0 fully saturated rings. The summed E-state index contributed by atoms with van der Waals surface area (Å²) in [5, 5.41) is 16.2. The first kappa shape index (κ1) is 36.4. The Morgan fingerprint density at radius 3 is 2.35 bits per heavy atom. The SMILES string of the molecule is NCCCC(N)CN(C(=O)C[C@@H]1Cc2cccc(c2)-c2ccc(O)c(c2)C[C@H](N)C(=O)N[C@@H](CCCN)C(=O)N1)[C@@H](CN)C(N)=O. The molecule has 4 bridgehead atoms. The quantitative estimate of drug-likeness (QED) is 0.120. The molecule has 46 heavy (non-hydrogen) atoms. The van der Waals surface area contributed by atoms with Crippen molar-refractivity contribution in [2.45, 2.75) is 75.2 Å². The maximum absolute atomic E-state index is 13.9. The van der Waals surface area contributed by atoms with Gasteiger partial charge in [0.05, 0.1) is 6.04 Å². The number of fused-ring (bicyclic) bond motifs is 5. The Labute approximate surface area is 269 Å². The van der Waals surface area contributed by atoms with Crippen LogP contribution in [0, 0.1) is 0 Å². The van der Waals surface area contributed by atoms with Gasteiger partial charge in [0, 0.05) is 38.0 Å². The molecule has 2 aromatic carbocycles. The molecule has 0 saturated carbocycles. The van der Waals surface area contributed by atoms with Gasteiger partial charge in [-0.15, -0.1) is 0 Å². The Bertz CT molecular complexity index is 1360. The number of amides is 4. The molecule has 3 rings (SSSR count). The maximum Gasteiger partial charge on any atom is 0.242 e. The van der Waals surface area contributed by atoms with E-state index < -0.39 is 53.8 Å².